The van der Waals surface area contributed by atoms with Crippen molar-refractivity contribution in [3.63, 3.8) is 0 Å². The third kappa shape index (κ3) is 3.50. The molecule has 2 aromatic carbocycles. The maximum absolute atomic E-state index is 12.8. The van der Waals surface area contributed by atoms with Crippen molar-refractivity contribution >= 4 is 16.7 Å². The van der Waals surface area contributed by atoms with Crippen LogP contribution in [-0.2, 0) is 7.05 Å². The van der Waals surface area contributed by atoms with Gasteiger partial charge in [-0.25, -0.2) is 4.68 Å². The summed E-state index contributed by atoms with van der Waals surface area (Å²) >= 11 is 0. The fourth-order valence-electron chi connectivity index (χ4n) is 3.01. The van der Waals surface area contributed by atoms with E-state index in [2.05, 4.69) is 15.3 Å². The highest BCUT2D eigenvalue weighted by Crippen LogP contribution is 2.17. The lowest BCUT2D eigenvalue weighted by Crippen LogP contribution is -2.36. The van der Waals surface area contributed by atoms with Crippen LogP contribution in [0.25, 0.3) is 10.8 Å². The first-order valence-electron chi connectivity index (χ1n) is 8.44. The molecule has 3 rings (SSSR count). The van der Waals surface area contributed by atoms with Crippen LogP contribution in [0, 0.1) is 0 Å². The van der Waals surface area contributed by atoms with Crippen molar-refractivity contribution in [1.29, 1.82) is 0 Å². The topological polar surface area (TPSA) is 67.2 Å². The summed E-state index contributed by atoms with van der Waals surface area (Å²) in [6.07, 6.45) is 0. The lowest BCUT2D eigenvalue weighted by atomic mass is 10.1. The summed E-state index contributed by atoms with van der Waals surface area (Å²) < 4.78 is 1.21. The Hall–Kier alpha value is -2.99. The van der Waals surface area contributed by atoms with Gasteiger partial charge in [0.15, 0.2) is 5.69 Å². The minimum absolute atomic E-state index is 0.0407. The number of hydrogen-bond acceptors (Lipinski definition) is 4. The maximum atomic E-state index is 12.8. The largest absolute Gasteiger partial charge is 0.349 e. The molecule has 1 aromatic heterocycles. The third-order valence-electron chi connectivity index (χ3n) is 4.44. The van der Waals surface area contributed by atoms with Crippen molar-refractivity contribution in [2.45, 2.75) is 6.04 Å². The number of benzene rings is 2. The third-order valence-corrected chi connectivity index (χ3v) is 4.44. The van der Waals surface area contributed by atoms with Crippen molar-refractivity contribution < 1.29 is 4.79 Å². The number of fused-ring (bicyclic) bond motifs is 1. The fourth-order valence-corrected chi connectivity index (χ4v) is 3.01. The molecule has 0 aliphatic carbocycles. The summed E-state index contributed by atoms with van der Waals surface area (Å²) in [7, 11) is 5.51. The molecule has 0 radical (unpaired) electrons. The summed E-state index contributed by atoms with van der Waals surface area (Å²) in [5, 5.41) is 8.19. The van der Waals surface area contributed by atoms with Crippen molar-refractivity contribution in [1.82, 2.24) is 20.0 Å². The minimum atomic E-state index is -0.292. The van der Waals surface area contributed by atoms with Gasteiger partial charge in [-0.15, -0.1) is 0 Å². The average Bonchev–Trinajstić information content (AvgIpc) is 2.65. The Kier molecular flexibility index (Phi) is 5.14. The number of aryl methyl sites for hydroxylation is 1. The van der Waals surface area contributed by atoms with Crippen LogP contribution in [-0.4, -0.2) is 41.2 Å². The first-order chi connectivity index (χ1) is 12.5. The van der Waals surface area contributed by atoms with Gasteiger partial charge in [0.25, 0.3) is 11.5 Å². The van der Waals surface area contributed by atoms with Crippen molar-refractivity contribution in [3.8, 4) is 0 Å². The molecule has 26 heavy (non-hydrogen) atoms. The van der Waals surface area contributed by atoms with E-state index in [-0.39, 0.29) is 23.2 Å². The molecule has 0 saturated heterocycles. The molecule has 1 heterocycles. The second-order valence-corrected chi connectivity index (χ2v) is 6.42. The molecule has 6 heteroatoms. The van der Waals surface area contributed by atoms with Gasteiger partial charge in [0.05, 0.1) is 11.4 Å². The summed E-state index contributed by atoms with van der Waals surface area (Å²) in [5.41, 5.74) is 1.16. The number of carbonyl (C=O) groups is 1. The highest BCUT2D eigenvalue weighted by atomic mass is 16.2. The molecule has 0 unspecified atom stereocenters. The lowest BCUT2D eigenvalue weighted by Gasteiger charge is -2.25. The maximum Gasteiger partial charge on any atom is 0.274 e. The van der Waals surface area contributed by atoms with E-state index in [0.29, 0.717) is 17.3 Å². The van der Waals surface area contributed by atoms with E-state index in [1.54, 1.807) is 31.3 Å². The van der Waals surface area contributed by atoms with E-state index < -0.39 is 0 Å². The predicted octanol–water partition coefficient (Wildman–Crippen LogP) is 1.97. The predicted molar refractivity (Wildman–Crippen MR) is 102 cm³/mol. The molecule has 0 bridgehead atoms. The smallest absolute Gasteiger partial charge is 0.274 e. The molecule has 6 nitrogen and oxygen atoms in total. The molecule has 0 aliphatic rings. The number of aromatic nitrogens is 2. The molecule has 0 fully saturated rings. The first kappa shape index (κ1) is 17.8. The van der Waals surface area contributed by atoms with Crippen LogP contribution >= 0.6 is 0 Å². The van der Waals surface area contributed by atoms with Gasteiger partial charge in [0.1, 0.15) is 0 Å². The molecule has 1 atom stereocenters. The quantitative estimate of drug-likeness (QED) is 0.764. The summed E-state index contributed by atoms with van der Waals surface area (Å²) in [6.45, 7) is 0.439. The molecule has 3 aromatic rings. The Morgan fingerprint density at radius 2 is 1.69 bits per heavy atom. The second kappa shape index (κ2) is 7.49. The number of likely N-dealkylation sites (N-methyl/N-ethyl adjacent to an activating group) is 1. The molecule has 1 N–H and O–H groups in total. The number of hydrogen-bond donors (Lipinski definition) is 1. The number of rotatable bonds is 5. The van der Waals surface area contributed by atoms with E-state index in [9.17, 15) is 9.59 Å². The van der Waals surface area contributed by atoms with E-state index in [4.69, 9.17) is 0 Å². The summed E-state index contributed by atoms with van der Waals surface area (Å²) in [6, 6.07) is 17.1. The zero-order valence-corrected chi connectivity index (χ0v) is 15.1. The van der Waals surface area contributed by atoms with Crippen molar-refractivity contribution in [2.75, 3.05) is 20.6 Å². The zero-order valence-electron chi connectivity index (χ0n) is 15.1. The van der Waals surface area contributed by atoms with Crippen LogP contribution in [0.2, 0.25) is 0 Å². The van der Waals surface area contributed by atoms with Crippen molar-refractivity contribution in [2.24, 2.45) is 7.05 Å². The Morgan fingerprint density at radius 1 is 1.08 bits per heavy atom. The summed E-state index contributed by atoms with van der Waals surface area (Å²) in [4.78, 5) is 27.0. The minimum Gasteiger partial charge on any atom is -0.349 e. The molecule has 1 amide bonds. The highest BCUT2D eigenvalue weighted by Gasteiger charge is 2.19. The van der Waals surface area contributed by atoms with E-state index >= 15 is 0 Å². The van der Waals surface area contributed by atoms with Crippen LogP contribution in [0.5, 0.6) is 0 Å². The SMILES string of the molecule is CN(C)[C@@H](CNC(=O)c1nn(C)c(=O)c2ccccc12)c1ccccc1. The molecule has 0 spiro atoms. The monoisotopic (exact) mass is 350 g/mol. The number of amides is 1. The van der Waals surface area contributed by atoms with Gasteiger partial charge < -0.3 is 10.2 Å². The molecule has 0 aliphatic heterocycles. The van der Waals surface area contributed by atoms with Gasteiger partial charge in [-0.2, -0.15) is 5.10 Å². The van der Waals surface area contributed by atoms with Gasteiger partial charge in [-0.3, -0.25) is 9.59 Å². The van der Waals surface area contributed by atoms with Gasteiger partial charge in [-0.1, -0.05) is 48.5 Å². The van der Waals surface area contributed by atoms with E-state index in [1.165, 1.54) is 4.68 Å². The second-order valence-electron chi connectivity index (χ2n) is 6.42. The Bertz CT molecular complexity index is 980. The normalized spacial score (nSPS) is 12.3. The standard InChI is InChI=1S/C20H22N4O2/c1-23(2)17(14-9-5-4-6-10-14)13-21-19(25)18-15-11-7-8-12-16(15)20(26)24(3)22-18/h4-12,17H,13H2,1-3H3,(H,21,25)/t17-/m0/s1. The van der Waals surface area contributed by atoms with Gasteiger partial charge in [0.2, 0.25) is 0 Å². The van der Waals surface area contributed by atoms with Crippen LogP contribution < -0.4 is 10.9 Å². The fraction of sp³-hybridized carbons (Fsp3) is 0.250. The number of nitrogens with zero attached hydrogens (tertiary/aromatic N) is 3. The van der Waals surface area contributed by atoms with Gasteiger partial charge in [-0.05, 0) is 25.7 Å². The van der Waals surface area contributed by atoms with Crippen LogP contribution in [0.15, 0.2) is 59.4 Å². The molecular formula is C20H22N4O2. The van der Waals surface area contributed by atoms with Crippen LogP contribution in [0.3, 0.4) is 0 Å². The van der Waals surface area contributed by atoms with Crippen LogP contribution in [0.1, 0.15) is 22.1 Å². The Morgan fingerprint density at radius 3 is 2.35 bits per heavy atom. The van der Waals surface area contributed by atoms with E-state index in [0.717, 1.165) is 5.56 Å². The van der Waals surface area contributed by atoms with Crippen LogP contribution in [0.4, 0.5) is 0 Å². The number of nitrogens with one attached hydrogen (secondary N) is 1. The Labute approximate surface area is 152 Å². The highest BCUT2D eigenvalue weighted by molar-refractivity contribution is 6.04. The molecular weight excluding hydrogens is 328 g/mol. The zero-order chi connectivity index (χ0) is 18.7. The number of carbonyl (C=O) groups excluding carboxylic acids is 1. The molecule has 0 saturated carbocycles. The van der Waals surface area contributed by atoms with Gasteiger partial charge in [0, 0.05) is 19.0 Å². The first-order valence-corrected chi connectivity index (χ1v) is 8.44. The Balaban J connectivity index is 1.88. The molecule has 134 valence electrons. The lowest BCUT2D eigenvalue weighted by molar-refractivity contribution is 0.0936. The van der Waals surface area contributed by atoms with Crippen molar-refractivity contribution in [3.05, 3.63) is 76.2 Å². The average molecular weight is 350 g/mol. The summed E-state index contributed by atoms with van der Waals surface area (Å²) in [5.74, 6) is -0.292. The van der Waals surface area contributed by atoms with E-state index in [1.807, 2.05) is 44.4 Å². The van der Waals surface area contributed by atoms with Gasteiger partial charge >= 0.3 is 0 Å².